The van der Waals surface area contributed by atoms with E-state index in [4.69, 9.17) is 0 Å². The van der Waals surface area contributed by atoms with Crippen molar-refractivity contribution in [1.82, 2.24) is 10.2 Å². The molecule has 1 aliphatic rings. The number of hydrogen-bond acceptors (Lipinski definition) is 2. The molecular formula is C17H32N2O2. The first-order valence-electron chi connectivity index (χ1n) is 8.42. The fourth-order valence-electron chi connectivity index (χ4n) is 3.01. The highest BCUT2D eigenvalue weighted by Gasteiger charge is 2.48. The smallest absolute Gasteiger partial charge is 0.246 e. The Balaban J connectivity index is 3.03. The highest BCUT2D eigenvalue weighted by Crippen LogP contribution is 2.29. The minimum atomic E-state index is -0.701. The molecule has 2 atom stereocenters. The van der Waals surface area contributed by atoms with E-state index in [1.807, 2.05) is 18.7 Å². The number of carbonyl (C=O) groups is 2. The molecule has 4 heteroatoms. The second-order valence-corrected chi connectivity index (χ2v) is 6.91. The molecule has 0 aromatic carbocycles. The van der Waals surface area contributed by atoms with Crippen LogP contribution in [0.2, 0.25) is 0 Å². The zero-order valence-corrected chi connectivity index (χ0v) is 14.5. The van der Waals surface area contributed by atoms with Crippen LogP contribution in [0.25, 0.3) is 0 Å². The third-order valence-corrected chi connectivity index (χ3v) is 4.95. The van der Waals surface area contributed by atoms with Crippen LogP contribution in [0.3, 0.4) is 0 Å². The lowest BCUT2D eigenvalue weighted by Gasteiger charge is -2.47. The third kappa shape index (κ3) is 3.78. The number of amides is 2. The van der Waals surface area contributed by atoms with Gasteiger partial charge >= 0.3 is 0 Å². The van der Waals surface area contributed by atoms with Gasteiger partial charge in [0.05, 0.1) is 0 Å². The van der Waals surface area contributed by atoms with Crippen LogP contribution in [-0.4, -0.2) is 34.8 Å². The lowest BCUT2D eigenvalue weighted by molar-refractivity contribution is -0.158. The first kappa shape index (κ1) is 18.0. The largest absolute Gasteiger partial charge is 0.342 e. The summed E-state index contributed by atoms with van der Waals surface area (Å²) in [6, 6.07) is -0.355. The first-order chi connectivity index (χ1) is 9.79. The Morgan fingerprint density at radius 3 is 2.19 bits per heavy atom. The fourth-order valence-corrected chi connectivity index (χ4v) is 3.01. The molecule has 0 aromatic heterocycles. The van der Waals surface area contributed by atoms with Gasteiger partial charge in [-0.15, -0.1) is 0 Å². The summed E-state index contributed by atoms with van der Waals surface area (Å²) in [6.07, 6.45) is 3.44. The van der Waals surface area contributed by atoms with Crippen LogP contribution in [0, 0.1) is 11.8 Å². The standard InChI is InChI=1S/C17H32N2O2/c1-7-13(8-2)11-19-15(20)14(10-12(4)5)18-16(21)17(19,6)9-3/h12-14H,7-11H2,1-6H3,(H,18,21). The molecule has 0 radical (unpaired) electrons. The summed E-state index contributed by atoms with van der Waals surface area (Å²) in [5.41, 5.74) is -0.701. The van der Waals surface area contributed by atoms with E-state index in [0.29, 0.717) is 31.2 Å². The van der Waals surface area contributed by atoms with E-state index in [1.165, 1.54) is 0 Å². The molecule has 1 aliphatic heterocycles. The second-order valence-electron chi connectivity index (χ2n) is 6.91. The van der Waals surface area contributed by atoms with Gasteiger partial charge in [0.1, 0.15) is 11.6 Å². The number of carbonyl (C=O) groups excluding carboxylic acids is 2. The molecule has 0 aromatic rings. The summed E-state index contributed by atoms with van der Waals surface area (Å²) < 4.78 is 0. The number of hydrogen-bond donors (Lipinski definition) is 1. The van der Waals surface area contributed by atoms with Gasteiger partial charge in [0.15, 0.2) is 0 Å². The summed E-state index contributed by atoms with van der Waals surface area (Å²) in [7, 11) is 0. The molecular weight excluding hydrogens is 264 g/mol. The van der Waals surface area contributed by atoms with Gasteiger partial charge in [-0.1, -0.05) is 47.5 Å². The van der Waals surface area contributed by atoms with E-state index in [2.05, 4.69) is 33.0 Å². The van der Waals surface area contributed by atoms with Crippen LogP contribution in [0.5, 0.6) is 0 Å². The Bertz CT molecular complexity index is 377. The Morgan fingerprint density at radius 2 is 1.76 bits per heavy atom. The minimum Gasteiger partial charge on any atom is -0.342 e. The molecule has 21 heavy (non-hydrogen) atoms. The Morgan fingerprint density at radius 1 is 1.19 bits per heavy atom. The molecule has 4 nitrogen and oxygen atoms in total. The van der Waals surface area contributed by atoms with Crippen molar-refractivity contribution in [1.29, 1.82) is 0 Å². The van der Waals surface area contributed by atoms with E-state index < -0.39 is 5.54 Å². The van der Waals surface area contributed by atoms with Gasteiger partial charge in [0.2, 0.25) is 11.8 Å². The topological polar surface area (TPSA) is 49.4 Å². The van der Waals surface area contributed by atoms with E-state index >= 15 is 0 Å². The van der Waals surface area contributed by atoms with Gasteiger partial charge in [0.25, 0.3) is 0 Å². The Hall–Kier alpha value is -1.06. The molecule has 0 spiro atoms. The molecule has 1 heterocycles. The molecule has 1 rings (SSSR count). The third-order valence-electron chi connectivity index (χ3n) is 4.95. The summed E-state index contributed by atoms with van der Waals surface area (Å²) >= 11 is 0. The highest BCUT2D eigenvalue weighted by molar-refractivity contribution is 5.99. The summed E-state index contributed by atoms with van der Waals surface area (Å²) in [4.78, 5) is 27.3. The van der Waals surface area contributed by atoms with E-state index in [9.17, 15) is 9.59 Å². The van der Waals surface area contributed by atoms with Crippen LogP contribution in [-0.2, 0) is 9.59 Å². The van der Waals surface area contributed by atoms with Crippen molar-refractivity contribution >= 4 is 11.8 Å². The van der Waals surface area contributed by atoms with Gasteiger partial charge in [-0.25, -0.2) is 0 Å². The molecule has 122 valence electrons. The van der Waals surface area contributed by atoms with Crippen LogP contribution in [0.15, 0.2) is 0 Å². The molecule has 1 saturated heterocycles. The van der Waals surface area contributed by atoms with Gasteiger partial charge in [-0.05, 0) is 31.6 Å². The quantitative estimate of drug-likeness (QED) is 0.785. The van der Waals surface area contributed by atoms with Crippen molar-refractivity contribution in [3.8, 4) is 0 Å². The molecule has 0 saturated carbocycles. The van der Waals surface area contributed by atoms with Gasteiger partial charge < -0.3 is 10.2 Å². The maximum Gasteiger partial charge on any atom is 0.246 e. The molecule has 0 bridgehead atoms. The summed E-state index contributed by atoms with van der Waals surface area (Å²) in [5.74, 6) is 0.950. The van der Waals surface area contributed by atoms with Crippen LogP contribution < -0.4 is 5.32 Å². The Labute approximate surface area is 129 Å². The number of piperazine rings is 1. The molecule has 2 unspecified atom stereocenters. The molecule has 1 N–H and O–H groups in total. The minimum absolute atomic E-state index is 0.00112. The van der Waals surface area contributed by atoms with Crippen LogP contribution in [0.1, 0.15) is 67.2 Å². The Kier molecular flexibility index (Phi) is 6.24. The SMILES string of the molecule is CCC(CC)CN1C(=O)C(CC(C)C)NC(=O)C1(C)CC. The monoisotopic (exact) mass is 296 g/mol. The zero-order chi connectivity index (χ0) is 16.2. The van der Waals surface area contributed by atoms with Crippen molar-refractivity contribution in [2.24, 2.45) is 11.8 Å². The lowest BCUT2D eigenvalue weighted by atomic mass is 9.87. The first-order valence-corrected chi connectivity index (χ1v) is 8.42. The second kappa shape index (κ2) is 7.28. The van der Waals surface area contributed by atoms with Gasteiger partial charge in [-0.3, -0.25) is 9.59 Å². The van der Waals surface area contributed by atoms with Crippen LogP contribution >= 0.6 is 0 Å². The zero-order valence-electron chi connectivity index (χ0n) is 14.5. The van der Waals surface area contributed by atoms with Gasteiger partial charge in [-0.2, -0.15) is 0 Å². The number of nitrogens with one attached hydrogen (secondary N) is 1. The van der Waals surface area contributed by atoms with Crippen molar-refractivity contribution in [3.05, 3.63) is 0 Å². The lowest BCUT2D eigenvalue weighted by Crippen LogP contribution is -2.70. The van der Waals surface area contributed by atoms with Crippen LogP contribution in [0.4, 0.5) is 0 Å². The average Bonchev–Trinajstić information content (AvgIpc) is 2.44. The van der Waals surface area contributed by atoms with E-state index in [0.717, 1.165) is 12.8 Å². The molecule has 2 amide bonds. The predicted octanol–water partition coefficient (Wildman–Crippen LogP) is 2.96. The fraction of sp³-hybridized carbons (Fsp3) is 0.882. The number of nitrogens with zero attached hydrogens (tertiary/aromatic N) is 1. The predicted molar refractivity (Wildman–Crippen MR) is 85.9 cm³/mol. The van der Waals surface area contributed by atoms with Crippen molar-refractivity contribution in [2.45, 2.75) is 78.8 Å². The number of rotatable bonds is 7. The maximum atomic E-state index is 12.9. The highest BCUT2D eigenvalue weighted by atomic mass is 16.2. The average molecular weight is 296 g/mol. The van der Waals surface area contributed by atoms with E-state index in [-0.39, 0.29) is 17.9 Å². The normalized spacial score (nSPS) is 26.7. The van der Waals surface area contributed by atoms with Gasteiger partial charge in [0, 0.05) is 6.54 Å². The molecule has 0 aliphatic carbocycles. The summed E-state index contributed by atoms with van der Waals surface area (Å²) in [5, 5.41) is 2.95. The maximum absolute atomic E-state index is 12.9. The van der Waals surface area contributed by atoms with Crippen molar-refractivity contribution in [2.75, 3.05) is 6.54 Å². The van der Waals surface area contributed by atoms with Crippen molar-refractivity contribution < 1.29 is 9.59 Å². The van der Waals surface area contributed by atoms with E-state index in [1.54, 1.807) is 0 Å². The molecule has 1 fully saturated rings. The van der Waals surface area contributed by atoms with Crippen molar-refractivity contribution in [3.63, 3.8) is 0 Å². The summed E-state index contributed by atoms with van der Waals surface area (Å²) in [6.45, 7) is 13.0.